The molecule has 0 aromatic heterocycles. The summed E-state index contributed by atoms with van der Waals surface area (Å²) in [6, 6.07) is 0. The van der Waals surface area contributed by atoms with Gasteiger partial charge in [0, 0.05) is 0 Å². The van der Waals surface area contributed by atoms with E-state index in [1.54, 1.807) is 0 Å². The van der Waals surface area contributed by atoms with Crippen molar-refractivity contribution < 1.29 is 9.90 Å². The zero-order valence-electron chi connectivity index (χ0n) is 13.4. The Morgan fingerprint density at radius 2 is 1.47 bits per heavy atom. The zero-order valence-corrected chi connectivity index (χ0v) is 13.4. The Balaban J connectivity index is 3.08. The van der Waals surface area contributed by atoms with Crippen LogP contribution in [-0.4, -0.2) is 17.6 Å². The Kier molecular flexibility index (Phi) is 4.41. The van der Waals surface area contributed by atoms with E-state index in [-0.39, 0.29) is 22.7 Å². The Morgan fingerprint density at radius 1 is 1.11 bits per heavy atom. The summed E-state index contributed by atoms with van der Waals surface area (Å²) < 4.78 is 0. The fourth-order valence-electron chi connectivity index (χ4n) is 3.82. The van der Waals surface area contributed by atoms with Crippen LogP contribution in [0.2, 0.25) is 0 Å². The third-order valence-corrected chi connectivity index (χ3v) is 4.98. The quantitative estimate of drug-likeness (QED) is 0.824. The molecule has 1 rings (SSSR count). The highest BCUT2D eigenvalue weighted by atomic mass is 16.4. The molecule has 3 N–H and O–H groups in total. The molecule has 2 unspecified atom stereocenters. The maximum absolute atomic E-state index is 11.2. The maximum Gasteiger partial charge on any atom is 0.303 e. The van der Waals surface area contributed by atoms with E-state index in [4.69, 9.17) is 5.73 Å². The number of carbonyl (C=O) groups is 1. The van der Waals surface area contributed by atoms with Crippen molar-refractivity contribution in [2.75, 3.05) is 6.54 Å². The molecule has 0 radical (unpaired) electrons. The molecule has 1 saturated carbocycles. The molecule has 0 spiro atoms. The molecule has 1 fully saturated rings. The lowest BCUT2D eigenvalue weighted by Crippen LogP contribution is -2.32. The van der Waals surface area contributed by atoms with Crippen molar-refractivity contribution in [2.45, 2.75) is 60.8 Å². The summed E-state index contributed by atoms with van der Waals surface area (Å²) in [6.07, 6.45) is 2.10. The maximum atomic E-state index is 11.2. The van der Waals surface area contributed by atoms with Gasteiger partial charge < -0.3 is 10.8 Å². The lowest BCUT2D eigenvalue weighted by atomic mass is 9.66. The summed E-state index contributed by atoms with van der Waals surface area (Å²) in [5.74, 6) is 0.360. The molecule has 0 amide bonds. The number of hydrogen-bond acceptors (Lipinski definition) is 2. The minimum Gasteiger partial charge on any atom is -0.481 e. The summed E-state index contributed by atoms with van der Waals surface area (Å²) in [6.45, 7) is 14.1. The predicted octanol–water partition coefficient (Wildman–Crippen LogP) is 3.52. The highest BCUT2D eigenvalue weighted by molar-refractivity contribution is 5.67. The first-order valence-corrected chi connectivity index (χ1v) is 7.33. The van der Waals surface area contributed by atoms with E-state index in [1.807, 2.05) is 0 Å². The normalized spacial score (nSPS) is 32.6. The van der Waals surface area contributed by atoms with Crippen LogP contribution in [0, 0.1) is 28.1 Å². The molecule has 0 bridgehead atoms. The summed E-state index contributed by atoms with van der Waals surface area (Å²) in [4.78, 5) is 11.2. The number of rotatable bonds is 3. The number of aliphatic carboxylic acids is 1. The number of carboxylic acids is 1. The van der Waals surface area contributed by atoms with E-state index in [1.165, 1.54) is 0 Å². The van der Waals surface area contributed by atoms with Gasteiger partial charge in [-0.15, -0.1) is 0 Å². The van der Waals surface area contributed by atoms with Crippen LogP contribution in [0.4, 0.5) is 0 Å². The smallest absolute Gasteiger partial charge is 0.303 e. The Labute approximate surface area is 118 Å². The standard InChI is InChI=1S/C16H31NO2/c1-14(2,3)11-7-16(10-17,9-13(18)19)8-12(11)15(4,5)6/h11-12H,7-10,17H2,1-6H3,(H,18,19). The summed E-state index contributed by atoms with van der Waals surface area (Å²) in [7, 11) is 0. The van der Waals surface area contributed by atoms with Crippen LogP contribution in [0.1, 0.15) is 60.8 Å². The van der Waals surface area contributed by atoms with Gasteiger partial charge in [0.15, 0.2) is 0 Å². The van der Waals surface area contributed by atoms with Gasteiger partial charge in [0.1, 0.15) is 0 Å². The lowest BCUT2D eigenvalue weighted by molar-refractivity contribution is -0.139. The summed E-state index contributed by atoms with van der Waals surface area (Å²) in [5, 5.41) is 9.19. The van der Waals surface area contributed by atoms with Gasteiger partial charge in [0.05, 0.1) is 6.42 Å². The third kappa shape index (κ3) is 3.71. The van der Waals surface area contributed by atoms with E-state index in [9.17, 15) is 9.90 Å². The van der Waals surface area contributed by atoms with Gasteiger partial charge in [0.25, 0.3) is 0 Å². The average Bonchev–Trinajstić information content (AvgIpc) is 2.56. The van der Waals surface area contributed by atoms with Crippen molar-refractivity contribution in [3.05, 3.63) is 0 Å². The van der Waals surface area contributed by atoms with Crippen molar-refractivity contribution in [2.24, 2.45) is 33.8 Å². The second-order valence-electron chi connectivity index (χ2n) is 8.63. The van der Waals surface area contributed by atoms with Crippen molar-refractivity contribution in [3.63, 3.8) is 0 Å². The zero-order chi connectivity index (χ0) is 15.1. The second-order valence-corrected chi connectivity index (χ2v) is 8.63. The van der Waals surface area contributed by atoms with Crippen molar-refractivity contribution in [3.8, 4) is 0 Å². The molecule has 112 valence electrons. The van der Waals surface area contributed by atoms with Gasteiger partial charge >= 0.3 is 5.97 Å². The molecule has 3 heteroatoms. The predicted molar refractivity (Wildman–Crippen MR) is 78.9 cm³/mol. The largest absolute Gasteiger partial charge is 0.481 e. The van der Waals surface area contributed by atoms with Crippen LogP contribution in [0.5, 0.6) is 0 Å². The molecule has 0 heterocycles. The Hall–Kier alpha value is -0.570. The van der Waals surface area contributed by atoms with Crippen LogP contribution in [-0.2, 0) is 4.79 Å². The molecule has 0 aliphatic heterocycles. The van der Waals surface area contributed by atoms with E-state index in [2.05, 4.69) is 41.5 Å². The van der Waals surface area contributed by atoms with Crippen LogP contribution in [0.15, 0.2) is 0 Å². The van der Waals surface area contributed by atoms with Gasteiger partial charge in [-0.2, -0.15) is 0 Å². The van der Waals surface area contributed by atoms with Crippen molar-refractivity contribution >= 4 is 5.97 Å². The SMILES string of the molecule is CC(C)(C)C1CC(CN)(CC(=O)O)CC1C(C)(C)C. The Bertz CT molecular complexity index is 314. The first-order valence-electron chi connectivity index (χ1n) is 7.33. The summed E-state index contributed by atoms with van der Waals surface area (Å²) in [5.41, 5.74) is 6.16. The van der Waals surface area contributed by atoms with E-state index in [0.717, 1.165) is 12.8 Å². The molecule has 1 aliphatic rings. The van der Waals surface area contributed by atoms with E-state index < -0.39 is 5.97 Å². The van der Waals surface area contributed by atoms with Crippen molar-refractivity contribution in [1.82, 2.24) is 0 Å². The lowest BCUT2D eigenvalue weighted by Gasteiger charge is -2.39. The minimum atomic E-state index is -0.715. The monoisotopic (exact) mass is 269 g/mol. The molecule has 1 aliphatic carbocycles. The molecule has 0 aromatic carbocycles. The molecule has 0 aromatic rings. The molecule has 3 nitrogen and oxygen atoms in total. The van der Waals surface area contributed by atoms with E-state index in [0.29, 0.717) is 18.4 Å². The molecule has 19 heavy (non-hydrogen) atoms. The second kappa shape index (κ2) is 5.08. The van der Waals surface area contributed by atoms with Gasteiger partial charge in [-0.25, -0.2) is 0 Å². The topological polar surface area (TPSA) is 63.3 Å². The summed E-state index contributed by atoms with van der Waals surface area (Å²) >= 11 is 0. The first-order chi connectivity index (χ1) is 8.41. The van der Waals surface area contributed by atoms with Crippen LogP contribution in [0.3, 0.4) is 0 Å². The highest BCUT2D eigenvalue weighted by Crippen LogP contribution is 2.58. The first kappa shape index (κ1) is 16.5. The number of nitrogens with two attached hydrogens (primary N) is 1. The van der Waals surface area contributed by atoms with Crippen molar-refractivity contribution in [1.29, 1.82) is 0 Å². The molecular formula is C16H31NO2. The van der Waals surface area contributed by atoms with Gasteiger partial charge in [-0.1, -0.05) is 41.5 Å². The third-order valence-electron chi connectivity index (χ3n) is 4.98. The average molecular weight is 269 g/mol. The Morgan fingerprint density at radius 3 is 1.68 bits per heavy atom. The fraction of sp³-hybridized carbons (Fsp3) is 0.938. The van der Waals surface area contributed by atoms with Gasteiger partial charge in [-0.05, 0) is 47.5 Å². The van der Waals surface area contributed by atoms with Gasteiger partial charge in [0.2, 0.25) is 0 Å². The molecule has 0 saturated heterocycles. The van der Waals surface area contributed by atoms with E-state index >= 15 is 0 Å². The van der Waals surface area contributed by atoms with Gasteiger partial charge in [-0.3, -0.25) is 4.79 Å². The van der Waals surface area contributed by atoms with Crippen LogP contribution in [0.25, 0.3) is 0 Å². The molecular weight excluding hydrogens is 238 g/mol. The number of hydrogen-bond donors (Lipinski definition) is 2. The highest BCUT2D eigenvalue weighted by Gasteiger charge is 2.52. The molecule has 2 atom stereocenters. The minimum absolute atomic E-state index is 0.202. The number of carboxylic acid groups (broad SMARTS) is 1. The fourth-order valence-corrected chi connectivity index (χ4v) is 3.82. The van der Waals surface area contributed by atoms with Crippen LogP contribution < -0.4 is 5.73 Å². The van der Waals surface area contributed by atoms with Crippen LogP contribution >= 0.6 is 0 Å².